The maximum atomic E-state index is 12.3. The average Bonchev–Trinajstić information content (AvgIpc) is 3.13. The van der Waals surface area contributed by atoms with Crippen LogP contribution >= 0.6 is 0 Å². The molecule has 1 aliphatic rings. The number of amides is 1. The molecule has 6 nitrogen and oxygen atoms in total. The number of hydrogen-bond acceptors (Lipinski definition) is 4. The van der Waals surface area contributed by atoms with Gasteiger partial charge in [-0.1, -0.05) is 6.92 Å². The summed E-state index contributed by atoms with van der Waals surface area (Å²) in [5, 5.41) is 7.34. The minimum absolute atomic E-state index is 0.0801. The molecular weight excluding hydrogens is 270 g/mol. The maximum Gasteiger partial charge on any atom is 0.226 e. The van der Waals surface area contributed by atoms with Crippen LogP contribution in [0.2, 0.25) is 0 Å². The Morgan fingerprint density at radius 2 is 2.48 bits per heavy atom. The predicted molar refractivity (Wildman–Crippen MR) is 78.8 cm³/mol. The van der Waals surface area contributed by atoms with Crippen LogP contribution in [0.25, 0.3) is 0 Å². The first-order valence-electron chi connectivity index (χ1n) is 7.59. The minimum Gasteiger partial charge on any atom is -0.383 e. The number of hydrogen-bond donors (Lipinski definition) is 1. The van der Waals surface area contributed by atoms with E-state index in [0.29, 0.717) is 19.8 Å². The van der Waals surface area contributed by atoms with E-state index in [1.54, 1.807) is 13.3 Å². The second-order valence-corrected chi connectivity index (χ2v) is 5.53. The van der Waals surface area contributed by atoms with Gasteiger partial charge in [-0.3, -0.25) is 9.48 Å². The molecule has 0 spiro atoms. The van der Waals surface area contributed by atoms with E-state index in [1.807, 2.05) is 17.8 Å². The van der Waals surface area contributed by atoms with E-state index in [2.05, 4.69) is 17.3 Å². The Labute approximate surface area is 125 Å². The van der Waals surface area contributed by atoms with Crippen LogP contribution < -0.4 is 5.32 Å². The van der Waals surface area contributed by atoms with Crippen molar-refractivity contribution in [3.05, 3.63) is 18.0 Å². The van der Waals surface area contributed by atoms with E-state index in [1.165, 1.54) is 0 Å². The normalized spacial score (nSPS) is 23.2. The van der Waals surface area contributed by atoms with E-state index < -0.39 is 0 Å². The highest BCUT2D eigenvalue weighted by molar-refractivity contribution is 5.80. The summed E-state index contributed by atoms with van der Waals surface area (Å²) in [6.45, 7) is 6.02. The Hall–Kier alpha value is -1.40. The van der Waals surface area contributed by atoms with E-state index in [0.717, 1.165) is 18.4 Å². The third-order valence-electron chi connectivity index (χ3n) is 3.94. The molecule has 0 aliphatic carbocycles. The SMILES string of the molecule is CC[C@H](C)NC(=O)[C@H]1CCO[C@@H]1c1cnn(CCOC)c1. The number of carbonyl (C=O) groups excluding carboxylic acids is 1. The van der Waals surface area contributed by atoms with Crippen LogP contribution in [0.5, 0.6) is 0 Å². The van der Waals surface area contributed by atoms with E-state index in [4.69, 9.17) is 9.47 Å². The highest BCUT2D eigenvalue weighted by atomic mass is 16.5. The molecule has 1 saturated heterocycles. The number of ether oxygens (including phenoxy) is 2. The van der Waals surface area contributed by atoms with Crippen LogP contribution in [0.15, 0.2) is 12.4 Å². The van der Waals surface area contributed by atoms with Crippen molar-refractivity contribution in [2.45, 2.75) is 45.4 Å². The van der Waals surface area contributed by atoms with Crippen LogP contribution in [0.4, 0.5) is 0 Å². The lowest BCUT2D eigenvalue weighted by molar-refractivity contribution is -0.127. The molecule has 1 amide bonds. The molecule has 118 valence electrons. The second kappa shape index (κ2) is 7.56. The fraction of sp³-hybridized carbons (Fsp3) is 0.733. The number of nitrogens with zero attached hydrogens (tertiary/aromatic N) is 2. The van der Waals surface area contributed by atoms with Gasteiger partial charge >= 0.3 is 0 Å². The Morgan fingerprint density at radius 1 is 1.67 bits per heavy atom. The van der Waals surface area contributed by atoms with Crippen molar-refractivity contribution in [2.24, 2.45) is 5.92 Å². The van der Waals surface area contributed by atoms with Gasteiger partial charge in [0.15, 0.2) is 0 Å². The lowest BCUT2D eigenvalue weighted by Gasteiger charge is -2.19. The number of nitrogens with one attached hydrogen (secondary N) is 1. The summed E-state index contributed by atoms with van der Waals surface area (Å²) >= 11 is 0. The molecule has 0 aromatic carbocycles. The number of methoxy groups -OCH3 is 1. The standard InChI is InChI=1S/C15H25N3O3/c1-4-11(2)17-15(19)13-5-7-21-14(13)12-9-16-18(10-12)6-8-20-3/h9-11,13-14H,4-8H2,1-3H3,(H,17,19)/t11-,13-,14+/m0/s1. The van der Waals surface area contributed by atoms with Gasteiger partial charge in [-0.05, 0) is 19.8 Å². The topological polar surface area (TPSA) is 65.4 Å². The average molecular weight is 295 g/mol. The van der Waals surface area contributed by atoms with Crippen LogP contribution in [0, 0.1) is 5.92 Å². The molecule has 0 unspecified atom stereocenters. The highest BCUT2D eigenvalue weighted by Crippen LogP contribution is 2.34. The van der Waals surface area contributed by atoms with Crippen LogP contribution in [-0.2, 0) is 20.8 Å². The van der Waals surface area contributed by atoms with Gasteiger partial charge in [0, 0.05) is 31.5 Å². The van der Waals surface area contributed by atoms with Crippen molar-refractivity contribution < 1.29 is 14.3 Å². The molecule has 1 N–H and O–H groups in total. The quantitative estimate of drug-likeness (QED) is 0.828. The smallest absolute Gasteiger partial charge is 0.226 e. The van der Waals surface area contributed by atoms with Gasteiger partial charge in [-0.2, -0.15) is 5.10 Å². The molecule has 0 bridgehead atoms. The van der Waals surface area contributed by atoms with E-state index >= 15 is 0 Å². The Bertz CT molecular complexity index is 461. The fourth-order valence-corrected chi connectivity index (χ4v) is 2.47. The largest absolute Gasteiger partial charge is 0.383 e. The molecule has 0 radical (unpaired) electrons. The molecule has 3 atom stereocenters. The van der Waals surface area contributed by atoms with Crippen molar-refractivity contribution in [2.75, 3.05) is 20.3 Å². The molecule has 1 aromatic heterocycles. The lowest BCUT2D eigenvalue weighted by Crippen LogP contribution is -2.37. The van der Waals surface area contributed by atoms with Gasteiger partial charge < -0.3 is 14.8 Å². The third kappa shape index (κ3) is 4.04. The van der Waals surface area contributed by atoms with E-state index in [-0.39, 0.29) is 24.0 Å². The first-order valence-corrected chi connectivity index (χ1v) is 7.59. The van der Waals surface area contributed by atoms with Crippen molar-refractivity contribution in [3.63, 3.8) is 0 Å². The molecule has 1 aliphatic heterocycles. The molecular formula is C15H25N3O3. The zero-order valence-electron chi connectivity index (χ0n) is 13.0. The third-order valence-corrected chi connectivity index (χ3v) is 3.94. The number of rotatable bonds is 7. The highest BCUT2D eigenvalue weighted by Gasteiger charge is 2.36. The zero-order chi connectivity index (χ0) is 15.2. The maximum absolute atomic E-state index is 12.3. The minimum atomic E-state index is -0.189. The molecule has 6 heteroatoms. The van der Waals surface area contributed by atoms with Crippen molar-refractivity contribution >= 4 is 5.91 Å². The predicted octanol–water partition coefficient (Wildman–Crippen LogP) is 1.52. The molecule has 21 heavy (non-hydrogen) atoms. The lowest BCUT2D eigenvalue weighted by atomic mass is 9.96. The fourth-order valence-electron chi connectivity index (χ4n) is 2.47. The summed E-state index contributed by atoms with van der Waals surface area (Å²) in [6.07, 6.45) is 5.23. The molecule has 1 fully saturated rings. The Morgan fingerprint density at radius 3 is 3.19 bits per heavy atom. The molecule has 2 rings (SSSR count). The van der Waals surface area contributed by atoms with Crippen LogP contribution in [-0.4, -0.2) is 42.1 Å². The summed E-state index contributed by atoms with van der Waals surface area (Å²) in [5.41, 5.74) is 0.966. The van der Waals surface area contributed by atoms with Gasteiger partial charge in [0.05, 0.1) is 31.4 Å². The molecule has 1 aromatic rings. The summed E-state index contributed by atoms with van der Waals surface area (Å²) < 4.78 is 12.6. The van der Waals surface area contributed by atoms with Gasteiger partial charge in [0.2, 0.25) is 5.91 Å². The van der Waals surface area contributed by atoms with Crippen molar-refractivity contribution in [1.29, 1.82) is 0 Å². The van der Waals surface area contributed by atoms with Gasteiger partial charge in [-0.25, -0.2) is 0 Å². The number of carbonyl (C=O) groups is 1. The first-order chi connectivity index (χ1) is 10.2. The molecule has 0 saturated carbocycles. The van der Waals surface area contributed by atoms with Crippen molar-refractivity contribution in [1.82, 2.24) is 15.1 Å². The van der Waals surface area contributed by atoms with Gasteiger partial charge in [0.25, 0.3) is 0 Å². The van der Waals surface area contributed by atoms with Crippen LogP contribution in [0.1, 0.15) is 38.4 Å². The monoisotopic (exact) mass is 295 g/mol. The van der Waals surface area contributed by atoms with Gasteiger partial charge in [0.1, 0.15) is 0 Å². The first kappa shape index (κ1) is 16.0. The summed E-state index contributed by atoms with van der Waals surface area (Å²) in [6, 6.07) is 0.197. The van der Waals surface area contributed by atoms with Crippen LogP contribution in [0.3, 0.4) is 0 Å². The number of aromatic nitrogens is 2. The van der Waals surface area contributed by atoms with Crippen molar-refractivity contribution in [3.8, 4) is 0 Å². The summed E-state index contributed by atoms with van der Waals surface area (Å²) in [7, 11) is 1.67. The summed E-state index contributed by atoms with van der Waals surface area (Å²) in [5.74, 6) is -0.0458. The zero-order valence-corrected chi connectivity index (χ0v) is 13.0. The Kier molecular flexibility index (Phi) is 5.76. The molecule has 2 heterocycles. The second-order valence-electron chi connectivity index (χ2n) is 5.53. The summed E-state index contributed by atoms with van der Waals surface area (Å²) in [4.78, 5) is 12.3. The van der Waals surface area contributed by atoms with Gasteiger partial charge in [-0.15, -0.1) is 0 Å². The Balaban J connectivity index is 2.00. The van der Waals surface area contributed by atoms with E-state index in [9.17, 15) is 4.79 Å².